The fourth-order valence-electron chi connectivity index (χ4n) is 1.76. The van der Waals surface area contributed by atoms with Gasteiger partial charge in [-0.05, 0) is 50.1 Å². The Balaban J connectivity index is 2.72. The molecule has 0 radical (unpaired) electrons. The van der Waals surface area contributed by atoms with E-state index in [1.807, 2.05) is 0 Å². The summed E-state index contributed by atoms with van der Waals surface area (Å²) in [6.45, 7) is 0. The van der Waals surface area contributed by atoms with Crippen LogP contribution in [-0.4, -0.2) is 23.9 Å². The van der Waals surface area contributed by atoms with Gasteiger partial charge in [-0.3, -0.25) is 9.36 Å². The van der Waals surface area contributed by atoms with E-state index in [1.165, 1.54) is 7.11 Å². The van der Waals surface area contributed by atoms with Crippen LogP contribution in [-0.2, 0) is 4.74 Å². The van der Waals surface area contributed by atoms with E-state index in [9.17, 15) is 9.59 Å². The first kappa shape index (κ1) is 14.0. The Morgan fingerprint density at radius 1 is 1.32 bits per heavy atom. The van der Waals surface area contributed by atoms with E-state index >= 15 is 0 Å². The van der Waals surface area contributed by atoms with Gasteiger partial charge in [-0.15, -0.1) is 0 Å². The van der Waals surface area contributed by atoms with Crippen LogP contribution in [0.1, 0.15) is 20.8 Å². The maximum Gasteiger partial charge on any atom is 0.339 e. The number of hydrogen-bond donors (Lipinski definition) is 0. The Morgan fingerprint density at radius 2 is 2.00 bits per heavy atom. The number of carbonyl (C=O) groups is 2. The van der Waals surface area contributed by atoms with E-state index in [-0.39, 0.29) is 0 Å². The molecule has 0 saturated carbocycles. The van der Waals surface area contributed by atoms with Gasteiger partial charge in [0, 0.05) is 0 Å². The molecule has 98 valence electrons. The molecule has 1 aromatic heterocycles. The predicted octanol–water partition coefficient (Wildman–Crippen LogP) is 3.60. The van der Waals surface area contributed by atoms with Gasteiger partial charge < -0.3 is 4.74 Å². The molecule has 0 aliphatic carbocycles. The van der Waals surface area contributed by atoms with Crippen LogP contribution in [0.25, 0.3) is 5.69 Å². The molecule has 2 rings (SSSR count). The van der Waals surface area contributed by atoms with Crippen LogP contribution in [0, 0.1) is 0 Å². The second-order valence-corrected chi connectivity index (χ2v) is 5.28. The van der Waals surface area contributed by atoms with Gasteiger partial charge in [0.05, 0.1) is 28.5 Å². The molecule has 0 saturated heterocycles. The summed E-state index contributed by atoms with van der Waals surface area (Å²) in [6, 6.07) is 8.59. The summed E-state index contributed by atoms with van der Waals surface area (Å²) in [5, 5.41) is 0. The van der Waals surface area contributed by atoms with Crippen LogP contribution in [0.2, 0.25) is 0 Å². The molecule has 1 aromatic carbocycles. The quantitative estimate of drug-likeness (QED) is 0.598. The molecule has 0 aliphatic rings. The number of benzene rings is 1. The van der Waals surface area contributed by atoms with Gasteiger partial charge in [0.15, 0.2) is 6.29 Å². The molecule has 0 aliphatic heterocycles. The summed E-state index contributed by atoms with van der Waals surface area (Å²) in [6.07, 6.45) is 0.726. The van der Waals surface area contributed by atoms with E-state index in [0.717, 1.165) is 10.8 Å². The molecule has 0 amide bonds. The summed E-state index contributed by atoms with van der Waals surface area (Å²) in [4.78, 5) is 22.9. The first-order chi connectivity index (χ1) is 9.10. The third-order valence-corrected chi connectivity index (χ3v) is 4.52. The Labute approximate surface area is 126 Å². The molecule has 2 aromatic rings. The fraction of sp³-hybridized carbons (Fsp3) is 0.0769. The van der Waals surface area contributed by atoms with E-state index in [2.05, 4.69) is 31.9 Å². The average molecular weight is 387 g/mol. The number of para-hydroxylation sites is 1. The van der Waals surface area contributed by atoms with E-state index < -0.39 is 5.97 Å². The highest BCUT2D eigenvalue weighted by atomic mass is 79.9. The Kier molecular flexibility index (Phi) is 4.21. The molecule has 0 atom stereocenters. The largest absolute Gasteiger partial charge is 0.465 e. The highest BCUT2D eigenvalue weighted by molar-refractivity contribution is 9.13. The number of nitrogens with zero attached hydrogens (tertiary/aromatic N) is 1. The third-order valence-electron chi connectivity index (χ3n) is 2.60. The molecule has 0 N–H and O–H groups in total. The zero-order chi connectivity index (χ0) is 14.0. The monoisotopic (exact) mass is 385 g/mol. The van der Waals surface area contributed by atoms with Crippen LogP contribution >= 0.6 is 31.9 Å². The number of esters is 1. The summed E-state index contributed by atoms with van der Waals surface area (Å²) >= 11 is 6.73. The Bertz CT molecular complexity index is 649. The fourth-order valence-corrected chi connectivity index (χ4v) is 2.68. The average Bonchev–Trinajstić information content (AvgIpc) is 2.73. The normalized spacial score (nSPS) is 10.3. The zero-order valence-electron chi connectivity index (χ0n) is 9.89. The minimum Gasteiger partial charge on any atom is -0.465 e. The van der Waals surface area contributed by atoms with Gasteiger partial charge >= 0.3 is 5.97 Å². The summed E-state index contributed by atoms with van der Waals surface area (Å²) < 4.78 is 7.78. The first-order valence-electron chi connectivity index (χ1n) is 5.29. The number of hydrogen-bond acceptors (Lipinski definition) is 3. The molecule has 0 unspecified atom stereocenters. The lowest BCUT2D eigenvalue weighted by atomic mass is 10.1. The van der Waals surface area contributed by atoms with Gasteiger partial charge in [0.1, 0.15) is 4.60 Å². The maximum atomic E-state index is 11.8. The maximum absolute atomic E-state index is 11.8. The van der Waals surface area contributed by atoms with E-state index in [4.69, 9.17) is 4.74 Å². The molecule has 0 fully saturated rings. The van der Waals surface area contributed by atoms with Crippen LogP contribution in [0.4, 0.5) is 0 Å². The van der Waals surface area contributed by atoms with Crippen LogP contribution in [0.15, 0.2) is 39.4 Å². The lowest BCUT2D eigenvalue weighted by Gasteiger charge is -2.11. The molecule has 6 heteroatoms. The lowest BCUT2D eigenvalue weighted by molar-refractivity contribution is 0.0600. The number of aldehydes is 1. The van der Waals surface area contributed by atoms with Crippen LogP contribution < -0.4 is 0 Å². The molecule has 19 heavy (non-hydrogen) atoms. The standard InChI is InChI=1S/C13H9Br2NO3/c1-19-13(18)9-4-2-3-5-11(9)16-8(7-17)6-10(14)12(16)15/h2-7H,1H3. The minimum atomic E-state index is -0.454. The highest BCUT2D eigenvalue weighted by Crippen LogP contribution is 2.31. The number of halogens is 2. The minimum absolute atomic E-state index is 0.386. The molecule has 0 bridgehead atoms. The second kappa shape index (κ2) is 5.71. The molecular weight excluding hydrogens is 378 g/mol. The van der Waals surface area contributed by atoms with Crippen LogP contribution in [0.5, 0.6) is 0 Å². The number of ether oxygens (including phenoxy) is 1. The van der Waals surface area contributed by atoms with Gasteiger partial charge in [-0.25, -0.2) is 4.79 Å². The van der Waals surface area contributed by atoms with E-state index in [0.29, 0.717) is 21.5 Å². The van der Waals surface area contributed by atoms with Crippen molar-refractivity contribution in [1.29, 1.82) is 0 Å². The van der Waals surface area contributed by atoms with E-state index in [1.54, 1.807) is 34.9 Å². The van der Waals surface area contributed by atoms with Crippen molar-refractivity contribution >= 4 is 44.1 Å². The topological polar surface area (TPSA) is 48.3 Å². The third kappa shape index (κ3) is 2.50. The number of aromatic nitrogens is 1. The van der Waals surface area contributed by atoms with Gasteiger partial charge in [-0.1, -0.05) is 12.1 Å². The van der Waals surface area contributed by atoms with Crippen molar-refractivity contribution in [3.05, 3.63) is 50.7 Å². The van der Waals surface area contributed by atoms with Gasteiger partial charge in [0.25, 0.3) is 0 Å². The van der Waals surface area contributed by atoms with Crippen molar-refractivity contribution in [2.45, 2.75) is 0 Å². The highest BCUT2D eigenvalue weighted by Gasteiger charge is 2.18. The van der Waals surface area contributed by atoms with Gasteiger partial charge in [-0.2, -0.15) is 0 Å². The second-order valence-electron chi connectivity index (χ2n) is 3.67. The molecule has 4 nitrogen and oxygen atoms in total. The van der Waals surface area contributed by atoms with Crippen molar-refractivity contribution in [1.82, 2.24) is 4.57 Å². The van der Waals surface area contributed by atoms with Gasteiger partial charge in [0.2, 0.25) is 0 Å². The summed E-state index contributed by atoms with van der Waals surface area (Å²) in [7, 11) is 1.32. The van der Waals surface area contributed by atoms with Crippen LogP contribution in [0.3, 0.4) is 0 Å². The SMILES string of the molecule is COC(=O)c1ccccc1-n1c(C=O)cc(Br)c1Br. The summed E-state index contributed by atoms with van der Waals surface area (Å²) in [5.74, 6) is -0.454. The van der Waals surface area contributed by atoms with Crippen molar-refractivity contribution < 1.29 is 14.3 Å². The van der Waals surface area contributed by atoms with Crippen molar-refractivity contribution in [3.63, 3.8) is 0 Å². The number of carbonyl (C=O) groups excluding carboxylic acids is 2. The first-order valence-corrected chi connectivity index (χ1v) is 6.88. The number of rotatable bonds is 3. The number of methoxy groups -OCH3 is 1. The van der Waals surface area contributed by atoms with Crippen molar-refractivity contribution in [2.24, 2.45) is 0 Å². The lowest BCUT2D eigenvalue weighted by Crippen LogP contribution is -2.09. The van der Waals surface area contributed by atoms with Crippen molar-refractivity contribution in [3.8, 4) is 5.69 Å². The Hall–Kier alpha value is -1.40. The molecule has 0 spiro atoms. The molecule has 1 heterocycles. The smallest absolute Gasteiger partial charge is 0.339 e. The zero-order valence-corrected chi connectivity index (χ0v) is 13.1. The summed E-state index contributed by atoms with van der Waals surface area (Å²) in [5.41, 5.74) is 1.39. The molecular formula is C13H9Br2NO3. The Morgan fingerprint density at radius 3 is 2.63 bits per heavy atom. The van der Waals surface area contributed by atoms with Crippen molar-refractivity contribution in [2.75, 3.05) is 7.11 Å². The predicted molar refractivity (Wildman–Crippen MR) is 77.9 cm³/mol.